The fourth-order valence-corrected chi connectivity index (χ4v) is 2.45. The topological polar surface area (TPSA) is 86.6 Å². The van der Waals surface area contributed by atoms with Crippen LogP contribution in [0.1, 0.15) is 6.42 Å². The molecule has 0 aliphatic heterocycles. The van der Waals surface area contributed by atoms with Gasteiger partial charge in [-0.15, -0.1) is 0 Å². The molecular formula is C9H17NO4SSe. The third kappa shape index (κ3) is 6.37. The fourth-order valence-electron chi connectivity index (χ4n) is 0.995. The van der Waals surface area contributed by atoms with Gasteiger partial charge in [0.25, 0.3) is 0 Å². The zero-order valence-electron chi connectivity index (χ0n) is 9.30. The third-order valence-electron chi connectivity index (χ3n) is 1.85. The summed E-state index contributed by atoms with van der Waals surface area (Å²) in [5.74, 6) is 0.922. The summed E-state index contributed by atoms with van der Waals surface area (Å²) in [5, 5.41) is 21.0. The Morgan fingerprint density at radius 2 is 2.12 bits per heavy atom. The standard InChI is InChI=1S/C9H17NO4SSe/c1-15-4-3-6(9(13)14)10-8(12)7(11)5-16-2/h6-7,11H,3-5H2,1-2H3,(H,10,12)(H,13,14)/t6?,7-/m0/s1. The minimum absolute atomic E-state index is 0.189. The van der Waals surface area contributed by atoms with Gasteiger partial charge in [-0.25, -0.2) is 0 Å². The van der Waals surface area contributed by atoms with E-state index in [-0.39, 0.29) is 15.0 Å². The summed E-state index contributed by atoms with van der Waals surface area (Å²) in [6.45, 7) is 0. The molecule has 5 nitrogen and oxygen atoms in total. The number of hydrogen-bond acceptors (Lipinski definition) is 4. The Bertz CT molecular complexity index is 240. The van der Waals surface area contributed by atoms with E-state index in [1.54, 1.807) is 0 Å². The van der Waals surface area contributed by atoms with Crippen molar-refractivity contribution in [1.29, 1.82) is 0 Å². The fraction of sp³-hybridized carbons (Fsp3) is 0.778. The predicted molar refractivity (Wildman–Crippen MR) is 65.0 cm³/mol. The number of carbonyl (C=O) groups is 2. The number of hydrogen-bond donors (Lipinski definition) is 3. The second-order valence-corrected chi connectivity index (χ2v) is 6.05. The van der Waals surface area contributed by atoms with Crippen molar-refractivity contribution in [3.8, 4) is 0 Å². The Hall–Kier alpha value is -0.231. The predicted octanol–water partition coefficient (Wildman–Crippen LogP) is -0.160. The first-order chi connectivity index (χ1) is 7.52. The van der Waals surface area contributed by atoms with Crippen LogP contribution in [0.5, 0.6) is 0 Å². The minimum atomic E-state index is -1.08. The molecule has 2 atom stereocenters. The summed E-state index contributed by atoms with van der Waals surface area (Å²) in [6.07, 6.45) is 1.16. The van der Waals surface area contributed by atoms with Gasteiger partial charge in [-0.1, -0.05) is 0 Å². The maximum absolute atomic E-state index is 11.4. The van der Waals surface area contributed by atoms with Crippen molar-refractivity contribution < 1.29 is 19.8 Å². The van der Waals surface area contributed by atoms with Gasteiger partial charge in [-0.05, 0) is 0 Å². The number of amides is 1. The Balaban J connectivity index is 4.17. The Labute approximate surface area is 106 Å². The van der Waals surface area contributed by atoms with E-state index in [1.807, 2.05) is 12.1 Å². The van der Waals surface area contributed by atoms with Crippen molar-refractivity contribution in [1.82, 2.24) is 5.32 Å². The summed E-state index contributed by atoms with van der Waals surface area (Å²) in [5.41, 5.74) is 0. The summed E-state index contributed by atoms with van der Waals surface area (Å²) < 4.78 is 0. The molecule has 1 unspecified atom stereocenters. The molecule has 0 aromatic carbocycles. The van der Waals surface area contributed by atoms with E-state index in [9.17, 15) is 14.7 Å². The number of aliphatic hydroxyl groups excluding tert-OH is 1. The van der Waals surface area contributed by atoms with Crippen LogP contribution in [0.25, 0.3) is 0 Å². The van der Waals surface area contributed by atoms with E-state index >= 15 is 0 Å². The molecule has 16 heavy (non-hydrogen) atoms. The van der Waals surface area contributed by atoms with E-state index < -0.39 is 24.0 Å². The van der Waals surface area contributed by atoms with Gasteiger partial charge in [0, 0.05) is 0 Å². The van der Waals surface area contributed by atoms with Crippen LogP contribution < -0.4 is 5.32 Å². The van der Waals surface area contributed by atoms with Gasteiger partial charge in [-0.3, -0.25) is 0 Å². The summed E-state index contributed by atoms with van der Waals surface area (Å²) in [4.78, 5) is 22.2. The Morgan fingerprint density at radius 3 is 2.56 bits per heavy atom. The first-order valence-electron chi connectivity index (χ1n) is 4.72. The number of thioether (sulfide) groups is 1. The molecule has 0 spiro atoms. The number of carboxylic acids is 1. The molecule has 3 N–H and O–H groups in total. The van der Waals surface area contributed by atoms with Crippen molar-refractivity contribution in [3.63, 3.8) is 0 Å². The normalized spacial score (nSPS) is 14.2. The number of carboxylic acid groups (broad SMARTS) is 1. The molecular weight excluding hydrogens is 297 g/mol. The van der Waals surface area contributed by atoms with Gasteiger partial charge >= 0.3 is 105 Å². The van der Waals surface area contributed by atoms with Crippen molar-refractivity contribution in [2.75, 3.05) is 12.0 Å². The van der Waals surface area contributed by atoms with Crippen LogP contribution in [-0.2, 0) is 9.59 Å². The van der Waals surface area contributed by atoms with Crippen LogP contribution in [0.15, 0.2) is 0 Å². The van der Waals surface area contributed by atoms with Gasteiger partial charge in [-0.2, -0.15) is 0 Å². The van der Waals surface area contributed by atoms with Crippen LogP contribution in [0, 0.1) is 0 Å². The molecule has 0 bridgehead atoms. The number of aliphatic hydroxyl groups is 1. The average Bonchev–Trinajstić information content (AvgIpc) is 2.23. The number of carbonyl (C=O) groups excluding carboxylic acids is 1. The molecule has 0 rings (SSSR count). The molecule has 0 aromatic rings. The van der Waals surface area contributed by atoms with E-state index in [0.717, 1.165) is 0 Å². The molecule has 1 amide bonds. The van der Waals surface area contributed by atoms with E-state index in [1.165, 1.54) is 11.8 Å². The van der Waals surface area contributed by atoms with Crippen molar-refractivity contribution in [3.05, 3.63) is 0 Å². The molecule has 0 aromatic heterocycles. The Kier molecular flexibility index (Phi) is 8.74. The molecule has 0 fully saturated rings. The van der Waals surface area contributed by atoms with Crippen LogP contribution in [0.2, 0.25) is 11.1 Å². The number of rotatable bonds is 8. The zero-order valence-corrected chi connectivity index (χ0v) is 11.8. The molecule has 0 radical (unpaired) electrons. The van der Waals surface area contributed by atoms with Gasteiger partial charge < -0.3 is 0 Å². The Morgan fingerprint density at radius 1 is 1.50 bits per heavy atom. The molecule has 0 aliphatic carbocycles. The number of aliphatic carboxylic acids is 1. The quantitative estimate of drug-likeness (QED) is 0.542. The molecule has 0 saturated heterocycles. The number of nitrogens with one attached hydrogen (secondary N) is 1. The summed E-state index contributed by atoms with van der Waals surface area (Å²) >= 11 is 1.71. The van der Waals surface area contributed by atoms with E-state index in [2.05, 4.69) is 5.32 Å². The SMILES string of the molecule is CSCCC(NC(=O)[C@@H](O)C[Se]C)C(=O)O. The average molecular weight is 314 g/mol. The molecule has 0 heterocycles. The summed E-state index contributed by atoms with van der Waals surface area (Å²) in [7, 11) is 0. The van der Waals surface area contributed by atoms with Crippen LogP contribution in [0.3, 0.4) is 0 Å². The van der Waals surface area contributed by atoms with Gasteiger partial charge in [0.2, 0.25) is 0 Å². The van der Waals surface area contributed by atoms with Crippen LogP contribution in [0.4, 0.5) is 0 Å². The first kappa shape index (κ1) is 15.8. The van der Waals surface area contributed by atoms with Crippen LogP contribution >= 0.6 is 11.8 Å². The maximum atomic E-state index is 11.4. The monoisotopic (exact) mass is 315 g/mol. The van der Waals surface area contributed by atoms with Gasteiger partial charge in [0.1, 0.15) is 0 Å². The first-order valence-corrected chi connectivity index (χ1v) is 9.03. The third-order valence-corrected chi connectivity index (χ3v) is 3.86. The van der Waals surface area contributed by atoms with Crippen LogP contribution in [-0.4, -0.2) is 61.2 Å². The second kappa shape index (κ2) is 8.87. The van der Waals surface area contributed by atoms with Gasteiger partial charge in [0.15, 0.2) is 0 Å². The van der Waals surface area contributed by atoms with Crippen molar-refractivity contribution in [2.45, 2.75) is 29.7 Å². The zero-order chi connectivity index (χ0) is 12.6. The molecule has 0 aliphatic rings. The molecule has 7 heteroatoms. The summed E-state index contributed by atoms with van der Waals surface area (Å²) in [6, 6.07) is -0.904. The van der Waals surface area contributed by atoms with Gasteiger partial charge in [0.05, 0.1) is 0 Å². The molecule has 94 valence electrons. The van der Waals surface area contributed by atoms with Crippen molar-refractivity contribution in [2.24, 2.45) is 0 Å². The second-order valence-electron chi connectivity index (χ2n) is 3.15. The van der Waals surface area contributed by atoms with E-state index in [0.29, 0.717) is 17.5 Å². The molecule has 0 saturated carbocycles. The van der Waals surface area contributed by atoms with Crippen molar-refractivity contribution >= 4 is 38.6 Å². The van der Waals surface area contributed by atoms with E-state index in [4.69, 9.17) is 5.11 Å².